The topological polar surface area (TPSA) is 43.3 Å². The lowest BCUT2D eigenvalue weighted by Crippen LogP contribution is -2.20. The third-order valence-corrected chi connectivity index (χ3v) is 2.21. The zero-order valence-electron chi connectivity index (χ0n) is 8.28. The van der Waals surface area contributed by atoms with Crippen LogP contribution in [0.2, 0.25) is 0 Å². The van der Waals surface area contributed by atoms with E-state index in [2.05, 4.69) is 4.98 Å². The Bertz CT molecular complexity index is 456. The van der Waals surface area contributed by atoms with Crippen LogP contribution in [0.25, 0.3) is 5.65 Å². The summed E-state index contributed by atoms with van der Waals surface area (Å²) in [5.41, 5.74) is 6.30. The van der Waals surface area contributed by atoms with Gasteiger partial charge in [0.25, 0.3) is 0 Å². The van der Waals surface area contributed by atoms with Gasteiger partial charge in [-0.05, 0) is 12.1 Å². The van der Waals surface area contributed by atoms with Crippen molar-refractivity contribution in [3.63, 3.8) is 0 Å². The maximum Gasteiger partial charge on any atom is 0.390 e. The summed E-state index contributed by atoms with van der Waals surface area (Å²) in [5.74, 6) is 0. The molecule has 0 aliphatic heterocycles. The fourth-order valence-electron chi connectivity index (χ4n) is 1.49. The summed E-state index contributed by atoms with van der Waals surface area (Å²) >= 11 is 0. The second-order valence-electron chi connectivity index (χ2n) is 3.56. The Hall–Kier alpha value is -1.56. The predicted octanol–water partition coefficient (Wildman–Crippen LogP) is 2.29. The van der Waals surface area contributed by atoms with Gasteiger partial charge in [-0.2, -0.15) is 13.2 Å². The Kier molecular flexibility index (Phi) is 2.59. The van der Waals surface area contributed by atoms with Gasteiger partial charge in [-0.15, -0.1) is 0 Å². The third-order valence-electron chi connectivity index (χ3n) is 2.21. The summed E-state index contributed by atoms with van der Waals surface area (Å²) < 4.78 is 38.0. The van der Waals surface area contributed by atoms with E-state index in [0.717, 1.165) is 0 Å². The number of fused-ring (bicyclic) bond motifs is 1. The Labute approximate surface area is 89.7 Å². The molecule has 0 spiro atoms. The number of hydrogen-bond acceptors (Lipinski definition) is 2. The molecule has 2 aromatic rings. The van der Waals surface area contributed by atoms with Crippen molar-refractivity contribution in [2.75, 3.05) is 0 Å². The average Bonchev–Trinajstić information content (AvgIpc) is 2.58. The SMILES string of the molecule is N[C@H](CC(F)(F)F)c1cn2ccccc2n1. The van der Waals surface area contributed by atoms with Crippen LogP contribution in [0.15, 0.2) is 30.6 Å². The van der Waals surface area contributed by atoms with Crippen LogP contribution in [-0.4, -0.2) is 15.6 Å². The van der Waals surface area contributed by atoms with Gasteiger partial charge < -0.3 is 10.1 Å². The smallest absolute Gasteiger partial charge is 0.322 e. The van der Waals surface area contributed by atoms with Gasteiger partial charge in [0.15, 0.2) is 0 Å². The molecule has 0 saturated carbocycles. The molecular formula is C10H10F3N3. The van der Waals surface area contributed by atoms with Gasteiger partial charge in [0, 0.05) is 12.4 Å². The number of pyridine rings is 1. The van der Waals surface area contributed by atoms with Crippen LogP contribution in [-0.2, 0) is 0 Å². The molecule has 16 heavy (non-hydrogen) atoms. The average molecular weight is 229 g/mol. The molecule has 0 aromatic carbocycles. The molecule has 0 amide bonds. The molecule has 86 valence electrons. The fourth-order valence-corrected chi connectivity index (χ4v) is 1.49. The highest BCUT2D eigenvalue weighted by atomic mass is 19.4. The Morgan fingerprint density at radius 3 is 2.75 bits per heavy atom. The van der Waals surface area contributed by atoms with E-state index in [1.54, 1.807) is 28.8 Å². The summed E-state index contributed by atoms with van der Waals surface area (Å²) in [6.45, 7) is 0. The number of halogens is 3. The summed E-state index contributed by atoms with van der Waals surface area (Å²) in [5, 5.41) is 0. The predicted molar refractivity (Wildman–Crippen MR) is 52.8 cm³/mol. The van der Waals surface area contributed by atoms with E-state index in [9.17, 15) is 13.2 Å². The number of rotatable bonds is 2. The molecule has 1 atom stereocenters. The molecule has 0 aliphatic rings. The number of nitrogens with two attached hydrogens (primary N) is 1. The Morgan fingerprint density at radius 1 is 1.38 bits per heavy atom. The van der Waals surface area contributed by atoms with Gasteiger partial charge >= 0.3 is 6.18 Å². The van der Waals surface area contributed by atoms with E-state index in [4.69, 9.17) is 5.73 Å². The van der Waals surface area contributed by atoms with E-state index in [1.807, 2.05) is 0 Å². The summed E-state index contributed by atoms with van der Waals surface area (Å²) in [6, 6.07) is 4.14. The maximum atomic E-state index is 12.1. The van der Waals surface area contributed by atoms with Gasteiger partial charge in [0.05, 0.1) is 18.2 Å². The molecule has 0 saturated heterocycles. The van der Waals surface area contributed by atoms with E-state index in [-0.39, 0.29) is 5.69 Å². The molecular weight excluding hydrogens is 219 g/mol. The lowest BCUT2D eigenvalue weighted by atomic mass is 10.1. The van der Waals surface area contributed by atoms with E-state index in [1.165, 1.54) is 6.20 Å². The van der Waals surface area contributed by atoms with Gasteiger partial charge in [0.1, 0.15) is 5.65 Å². The number of aromatic nitrogens is 2. The van der Waals surface area contributed by atoms with E-state index < -0.39 is 18.6 Å². The largest absolute Gasteiger partial charge is 0.390 e. The van der Waals surface area contributed by atoms with Crippen LogP contribution in [0.4, 0.5) is 13.2 Å². The number of imidazole rings is 1. The standard InChI is InChI=1S/C10H10F3N3/c11-10(12,13)5-7(14)8-6-16-4-2-1-3-9(16)15-8/h1-4,6-7H,5,14H2/t7-/m1/s1. The van der Waals surface area contributed by atoms with Crippen molar-refractivity contribution in [2.45, 2.75) is 18.6 Å². The van der Waals surface area contributed by atoms with Crippen LogP contribution in [0.5, 0.6) is 0 Å². The van der Waals surface area contributed by atoms with Gasteiger partial charge in [-0.1, -0.05) is 6.07 Å². The summed E-state index contributed by atoms with van der Waals surface area (Å²) in [4.78, 5) is 4.03. The molecule has 0 unspecified atom stereocenters. The normalized spacial score (nSPS) is 14.2. The lowest BCUT2D eigenvalue weighted by molar-refractivity contribution is -0.138. The fraction of sp³-hybridized carbons (Fsp3) is 0.300. The minimum absolute atomic E-state index is 0.253. The number of alkyl halides is 3. The van der Waals surface area contributed by atoms with Crippen LogP contribution in [0.3, 0.4) is 0 Å². The van der Waals surface area contributed by atoms with Crippen LogP contribution >= 0.6 is 0 Å². The van der Waals surface area contributed by atoms with Crippen molar-refractivity contribution in [3.05, 3.63) is 36.3 Å². The van der Waals surface area contributed by atoms with Gasteiger partial charge in [0.2, 0.25) is 0 Å². The molecule has 2 N–H and O–H groups in total. The number of nitrogens with zero attached hydrogens (tertiary/aromatic N) is 2. The molecule has 6 heteroatoms. The maximum absolute atomic E-state index is 12.1. The van der Waals surface area contributed by atoms with E-state index >= 15 is 0 Å². The molecule has 0 aliphatic carbocycles. The summed E-state index contributed by atoms with van der Waals surface area (Å²) in [6.07, 6.45) is -2.09. The molecule has 2 heterocycles. The second-order valence-corrected chi connectivity index (χ2v) is 3.56. The Balaban J connectivity index is 2.26. The van der Waals surface area contributed by atoms with Gasteiger partial charge in [-0.25, -0.2) is 4.98 Å². The minimum Gasteiger partial charge on any atom is -0.322 e. The summed E-state index contributed by atoms with van der Waals surface area (Å²) in [7, 11) is 0. The van der Waals surface area contributed by atoms with Crippen LogP contribution in [0.1, 0.15) is 18.2 Å². The van der Waals surface area contributed by atoms with Crippen molar-refractivity contribution in [2.24, 2.45) is 5.73 Å². The van der Waals surface area contributed by atoms with E-state index in [0.29, 0.717) is 5.65 Å². The highest BCUT2D eigenvalue weighted by Crippen LogP contribution is 2.27. The zero-order valence-corrected chi connectivity index (χ0v) is 8.28. The molecule has 0 fully saturated rings. The molecule has 2 aromatic heterocycles. The van der Waals surface area contributed by atoms with Crippen molar-refractivity contribution < 1.29 is 13.2 Å². The highest BCUT2D eigenvalue weighted by Gasteiger charge is 2.31. The van der Waals surface area contributed by atoms with Crippen LogP contribution in [0, 0.1) is 0 Å². The first-order valence-electron chi connectivity index (χ1n) is 4.72. The van der Waals surface area contributed by atoms with Crippen molar-refractivity contribution in [3.8, 4) is 0 Å². The first-order chi connectivity index (χ1) is 7.46. The van der Waals surface area contributed by atoms with Crippen molar-refractivity contribution >= 4 is 5.65 Å². The number of hydrogen-bond donors (Lipinski definition) is 1. The second kappa shape index (κ2) is 3.79. The first-order valence-corrected chi connectivity index (χ1v) is 4.72. The zero-order chi connectivity index (χ0) is 11.8. The molecule has 0 radical (unpaired) electrons. The highest BCUT2D eigenvalue weighted by molar-refractivity contribution is 5.39. The molecule has 2 rings (SSSR count). The van der Waals surface area contributed by atoms with Gasteiger partial charge in [-0.3, -0.25) is 0 Å². The minimum atomic E-state index is -4.27. The molecule has 3 nitrogen and oxygen atoms in total. The quantitative estimate of drug-likeness (QED) is 0.858. The molecule has 0 bridgehead atoms. The monoisotopic (exact) mass is 229 g/mol. The lowest BCUT2D eigenvalue weighted by Gasteiger charge is -2.11. The Morgan fingerprint density at radius 2 is 2.12 bits per heavy atom. The van der Waals surface area contributed by atoms with Crippen LogP contribution < -0.4 is 5.73 Å². The third kappa shape index (κ3) is 2.33. The first kappa shape index (κ1) is 10.9. The van der Waals surface area contributed by atoms with Crippen molar-refractivity contribution in [1.82, 2.24) is 9.38 Å². The van der Waals surface area contributed by atoms with Crippen molar-refractivity contribution in [1.29, 1.82) is 0 Å².